The first-order chi connectivity index (χ1) is 10.8. The molecular weight excluding hydrogens is 294 g/mol. The van der Waals surface area contributed by atoms with Crippen LogP contribution in [0, 0.1) is 0 Å². The first-order valence-electron chi connectivity index (χ1n) is 7.87. The smallest absolute Gasteiger partial charge is 0.335 e. The van der Waals surface area contributed by atoms with Crippen molar-refractivity contribution in [2.75, 3.05) is 6.54 Å². The highest BCUT2D eigenvalue weighted by atomic mass is 16.6. The number of nitrogens with two attached hydrogens (primary N) is 1. The fourth-order valence-corrected chi connectivity index (χ4v) is 2.62. The summed E-state index contributed by atoms with van der Waals surface area (Å²) in [7, 11) is 0. The van der Waals surface area contributed by atoms with E-state index in [4.69, 9.17) is 10.6 Å². The van der Waals surface area contributed by atoms with Crippen molar-refractivity contribution in [2.24, 2.45) is 5.84 Å². The Morgan fingerprint density at radius 3 is 2.57 bits per heavy atom. The van der Waals surface area contributed by atoms with Crippen LogP contribution in [-0.4, -0.2) is 40.1 Å². The van der Waals surface area contributed by atoms with Crippen LogP contribution in [0.25, 0.3) is 0 Å². The molecule has 2 amide bonds. The molecule has 2 rings (SSSR count). The molecule has 1 fully saturated rings. The second-order valence-electron chi connectivity index (χ2n) is 6.78. The third-order valence-electron chi connectivity index (χ3n) is 3.62. The first-order valence-corrected chi connectivity index (χ1v) is 7.87. The largest absolute Gasteiger partial charge is 0.458 e. The number of hydrogen-bond acceptors (Lipinski definition) is 4. The number of amides is 2. The van der Waals surface area contributed by atoms with E-state index < -0.39 is 11.6 Å². The molecule has 1 aromatic rings. The van der Waals surface area contributed by atoms with Gasteiger partial charge in [0.15, 0.2) is 0 Å². The zero-order chi connectivity index (χ0) is 17.0. The second kappa shape index (κ2) is 7.00. The number of carbonyl (C=O) groups excluding carboxylic acids is 2. The van der Waals surface area contributed by atoms with E-state index >= 15 is 0 Å². The standard InChI is InChI=1S/C17H25N3O3/c1-17(2,3)23-15(21)14-10-7-11-19(14)16(22)20(18)12-13-8-5-4-6-9-13/h4-6,8-9,14H,7,10-12,18H2,1-3H3/t14-/m0/s1. The van der Waals surface area contributed by atoms with Crippen LogP contribution < -0.4 is 5.84 Å². The van der Waals surface area contributed by atoms with E-state index in [1.54, 1.807) is 0 Å². The highest BCUT2D eigenvalue weighted by Gasteiger charge is 2.38. The molecule has 0 aliphatic carbocycles. The van der Waals surface area contributed by atoms with Crippen LogP contribution >= 0.6 is 0 Å². The molecule has 1 saturated heterocycles. The van der Waals surface area contributed by atoms with Crippen LogP contribution in [0.3, 0.4) is 0 Å². The van der Waals surface area contributed by atoms with Crippen molar-refractivity contribution < 1.29 is 14.3 Å². The molecule has 1 aromatic carbocycles. The zero-order valence-electron chi connectivity index (χ0n) is 14.0. The maximum atomic E-state index is 12.5. The van der Waals surface area contributed by atoms with Crippen molar-refractivity contribution in [3.63, 3.8) is 0 Å². The summed E-state index contributed by atoms with van der Waals surface area (Å²) in [4.78, 5) is 26.3. The number of benzene rings is 1. The van der Waals surface area contributed by atoms with E-state index in [2.05, 4.69) is 0 Å². The lowest BCUT2D eigenvalue weighted by Gasteiger charge is -2.30. The molecule has 0 bridgehead atoms. The van der Waals surface area contributed by atoms with Crippen LogP contribution in [0.1, 0.15) is 39.2 Å². The zero-order valence-corrected chi connectivity index (χ0v) is 14.0. The number of esters is 1. The fourth-order valence-electron chi connectivity index (χ4n) is 2.62. The Morgan fingerprint density at radius 2 is 1.96 bits per heavy atom. The second-order valence-corrected chi connectivity index (χ2v) is 6.78. The van der Waals surface area contributed by atoms with E-state index in [1.165, 1.54) is 4.90 Å². The van der Waals surface area contributed by atoms with Gasteiger partial charge in [-0.15, -0.1) is 0 Å². The molecule has 6 heteroatoms. The molecule has 1 heterocycles. The molecule has 1 atom stereocenters. The Bertz CT molecular complexity index is 554. The van der Waals surface area contributed by atoms with Gasteiger partial charge in [0.2, 0.25) is 0 Å². The van der Waals surface area contributed by atoms with Crippen LogP contribution in [0.2, 0.25) is 0 Å². The van der Waals surface area contributed by atoms with Gasteiger partial charge in [0.1, 0.15) is 11.6 Å². The van der Waals surface area contributed by atoms with E-state index in [0.29, 0.717) is 19.5 Å². The maximum absolute atomic E-state index is 12.5. The van der Waals surface area contributed by atoms with Crippen molar-refractivity contribution in [3.05, 3.63) is 35.9 Å². The van der Waals surface area contributed by atoms with Crippen LogP contribution in [0.5, 0.6) is 0 Å². The molecule has 1 aliphatic rings. The monoisotopic (exact) mass is 319 g/mol. The third-order valence-corrected chi connectivity index (χ3v) is 3.62. The van der Waals surface area contributed by atoms with Gasteiger partial charge in [-0.2, -0.15) is 0 Å². The number of rotatable bonds is 3. The van der Waals surface area contributed by atoms with Gasteiger partial charge in [0, 0.05) is 6.54 Å². The maximum Gasteiger partial charge on any atom is 0.335 e. The highest BCUT2D eigenvalue weighted by molar-refractivity contribution is 5.84. The molecule has 0 spiro atoms. The topological polar surface area (TPSA) is 75.9 Å². The van der Waals surface area contributed by atoms with Crippen molar-refractivity contribution in [3.8, 4) is 0 Å². The summed E-state index contributed by atoms with van der Waals surface area (Å²) < 4.78 is 5.41. The summed E-state index contributed by atoms with van der Waals surface area (Å²) >= 11 is 0. The lowest BCUT2D eigenvalue weighted by molar-refractivity contribution is -0.159. The number of nitrogens with zero attached hydrogens (tertiary/aromatic N) is 2. The van der Waals surface area contributed by atoms with E-state index in [0.717, 1.165) is 17.0 Å². The number of ether oxygens (including phenoxy) is 1. The molecule has 23 heavy (non-hydrogen) atoms. The van der Waals surface area contributed by atoms with Crippen molar-refractivity contribution in [1.29, 1.82) is 0 Å². The van der Waals surface area contributed by atoms with Crippen LogP contribution in [-0.2, 0) is 16.1 Å². The van der Waals surface area contributed by atoms with Gasteiger partial charge in [-0.1, -0.05) is 30.3 Å². The van der Waals surface area contributed by atoms with Gasteiger partial charge in [-0.25, -0.2) is 15.4 Å². The van der Waals surface area contributed by atoms with Gasteiger partial charge in [-0.05, 0) is 39.2 Å². The minimum atomic E-state index is -0.569. The van der Waals surface area contributed by atoms with Gasteiger partial charge < -0.3 is 9.64 Å². The highest BCUT2D eigenvalue weighted by Crippen LogP contribution is 2.22. The summed E-state index contributed by atoms with van der Waals surface area (Å²) in [6, 6.07) is 8.61. The summed E-state index contributed by atoms with van der Waals surface area (Å²) in [5.41, 5.74) is 0.372. The van der Waals surface area contributed by atoms with Gasteiger partial charge in [-0.3, -0.25) is 5.01 Å². The first kappa shape index (κ1) is 17.3. The Labute approximate surface area is 137 Å². The number of hydrogen-bond donors (Lipinski definition) is 1. The van der Waals surface area contributed by atoms with Crippen molar-refractivity contribution in [1.82, 2.24) is 9.91 Å². The van der Waals surface area contributed by atoms with E-state index in [1.807, 2.05) is 51.1 Å². The lowest BCUT2D eigenvalue weighted by atomic mass is 10.1. The molecule has 0 radical (unpaired) electrons. The summed E-state index contributed by atoms with van der Waals surface area (Å²) in [5, 5.41) is 1.15. The molecule has 0 unspecified atom stereocenters. The molecule has 0 aromatic heterocycles. The molecular formula is C17H25N3O3. The van der Waals surface area contributed by atoms with Crippen molar-refractivity contribution in [2.45, 2.75) is 51.8 Å². The number of carbonyl (C=O) groups is 2. The van der Waals surface area contributed by atoms with Crippen LogP contribution in [0.4, 0.5) is 4.79 Å². The Hall–Kier alpha value is -2.08. The van der Waals surface area contributed by atoms with Crippen LogP contribution in [0.15, 0.2) is 30.3 Å². The minimum Gasteiger partial charge on any atom is -0.458 e. The Kier molecular flexibility index (Phi) is 5.26. The average molecular weight is 319 g/mol. The SMILES string of the molecule is CC(C)(C)OC(=O)[C@@H]1CCCN1C(=O)N(N)Cc1ccccc1. The third kappa shape index (κ3) is 4.69. The number of hydrazine groups is 1. The predicted molar refractivity (Wildman–Crippen MR) is 87.1 cm³/mol. The van der Waals surface area contributed by atoms with Crippen molar-refractivity contribution >= 4 is 12.0 Å². The summed E-state index contributed by atoms with van der Waals surface area (Å²) in [6.45, 7) is 6.27. The van der Waals surface area contributed by atoms with Gasteiger partial charge in [0.05, 0.1) is 6.54 Å². The Morgan fingerprint density at radius 1 is 1.30 bits per heavy atom. The van der Waals surface area contributed by atoms with E-state index in [-0.39, 0.29) is 12.0 Å². The molecule has 0 saturated carbocycles. The Balaban J connectivity index is 2.01. The van der Waals surface area contributed by atoms with Gasteiger partial charge >= 0.3 is 12.0 Å². The number of likely N-dealkylation sites (tertiary alicyclic amines) is 1. The lowest BCUT2D eigenvalue weighted by Crippen LogP contribution is -2.51. The normalized spacial score (nSPS) is 17.9. The minimum absolute atomic E-state index is 0.303. The predicted octanol–water partition coefficient (Wildman–Crippen LogP) is 2.29. The summed E-state index contributed by atoms with van der Waals surface area (Å²) in [5.74, 6) is 5.54. The molecule has 6 nitrogen and oxygen atoms in total. The van der Waals surface area contributed by atoms with Gasteiger partial charge in [0.25, 0.3) is 0 Å². The molecule has 1 aliphatic heterocycles. The molecule has 126 valence electrons. The fraction of sp³-hybridized carbons (Fsp3) is 0.529. The number of urea groups is 1. The van der Waals surface area contributed by atoms with E-state index in [9.17, 15) is 9.59 Å². The average Bonchev–Trinajstić information content (AvgIpc) is 2.95. The quantitative estimate of drug-likeness (QED) is 0.401. The summed E-state index contributed by atoms with van der Waals surface area (Å²) in [6.07, 6.45) is 1.38. The molecule has 2 N–H and O–H groups in total.